The predicted octanol–water partition coefficient (Wildman–Crippen LogP) is 4.26. The summed E-state index contributed by atoms with van der Waals surface area (Å²) < 4.78 is 10.6. The third kappa shape index (κ3) is 6.03. The average Bonchev–Trinajstić information content (AvgIpc) is 2.53. The van der Waals surface area contributed by atoms with Crippen molar-refractivity contribution in [3.63, 3.8) is 0 Å². The van der Waals surface area contributed by atoms with E-state index in [0.717, 1.165) is 18.0 Å². The molecule has 3 N–H and O–H groups in total. The molecular formula is C18H30IN3O2. The van der Waals surface area contributed by atoms with Crippen LogP contribution >= 0.6 is 24.0 Å². The van der Waals surface area contributed by atoms with Gasteiger partial charge in [-0.25, -0.2) is 0 Å². The molecular weight excluding hydrogens is 417 g/mol. The Labute approximate surface area is 162 Å². The molecule has 0 aliphatic heterocycles. The van der Waals surface area contributed by atoms with Crippen LogP contribution in [0.3, 0.4) is 0 Å². The minimum atomic E-state index is 0. The molecule has 1 aliphatic carbocycles. The van der Waals surface area contributed by atoms with Crippen molar-refractivity contribution in [1.29, 1.82) is 0 Å². The van der Waals surface area contributed by atoms with E-state index in [9.17, 15) is 0 Å². The molecule has 5 nitrogen and oxygen atoms in total. The molecule has 1 aromatic rings. The van der Waals surface area contributed by atoms with E-state index in [2.05, 4.69) is 24.2 Å². The molecule has 0 atom stereocenters. The maximum atomic E-state index is 6.03. The van der Waals surface area contributed by atoms with Crippen molar-refractivity contribution in [2.45, 2.75) is 39.5 Å². The van der Waals surface area contributed by atoms with Crippen LogP contribution < -0.4 is 20.5 Å². The average molecular weight is 447 g/mol. The molecule has 136 valence electrons. The van der Waals surface area contributed by atoms with Crippen molar-refractivity contribution in [1.82, 2.24) is 0 Å². The first-order valence-electron chi connectivity index (χ1n) is 8.22. The minimum absolute atomic E-state index is 0. The number of guanidine groups is 1. The quantitative estimate of drug-likeness (QED) is 0.402. The lowest BCUT2D eigenvalue weighted by Crippen LogP contribution is -2.26. The molecule has 1 saturated carbocycles. The summed E-state index contributed by atoms with van der Waals surface area (Å²) in [6.45, 7) is 5.47. The fourth-order valence-corrected chi connectivity index (χ4v) is 2.96. The lowest BCUT2D eigenvalue weighted by atomic mass is 9.73. The summed E-state index contributed by atoms with van der Waals surface area (Å²) in [5.41, 5.74) is 7.28. The van der Waals surface area contributed by atoms with Crippen molar-refractivity contribution in [2.75, 3.05) is 26.1 Å². The molecule has 1 aliphatic rings. The van der Waals surface area contributed by atoms with Crippen molar-refractivity contribution in [3.05, 3.63) is 18.2 Å². The van der Waals surface area contributed by atoms with E-state index in [1.807, 2.05) is 18.2 Å². The second-order valence-corrected chi connectivity index (χ2v) is 7.02. The Bertz CT molecular complexity index is 551. The fraction of sp³-hybridized carbons (Fsp3) is 0.611. The van der Waals surface area contributed by atoms with Crippen LogP contribution in [0.25, 0.3) is 0 Å². The molecule has 0 aromatic heterocycles. The molecule has 0 heterocycles. The molecule has 0 spiro atoms. The van der Waals surface area contributed by atoms with E-state index in [0.29, 0.717) is 23.0 Å². The van der Waals surface area contributed by atoms with Gasteiger partial charge in [0.15, 0.2) is 5.96 Å². The molecule has 0 saturated heterocycles. The Morgan fingerprint density at radius 1 is 1.25 bits per heavy atom. The summed E-state index contributed by atoms with van der Waals surface area (Å²) in [6, 6.07) is 5.54. The monoisotopic (exact) mass is 447 g/mol. The molecule has 1 fully saturated rings. The largest absolute Gasteiger partial charge is 0.497 e. The first kappa shape index (κ1) is 20.9. The zero-order valence-electron chi connectivity index (χ0n) is 15.1. The third-order valence-corrected chi connectivity index (χ3v) is 4.65. The van der Waals surface area contributed by atoms with Crippen LogP contribution in [-0.2, 0) is 0 Å². The molecule has 0 amide bonds. The number of rotatable bonds is 5. The number of hydrogen-bond donors (Lipinski definition) is 2. The van der Waals surface area contributed by atoms with Gasteiger partial charge in [-0.2, -0.15) is 0 Å². The van der Waals surface area contributed by atoms with Crippen LogP contribution in [0.4, 0.5) is 5.69 Å². The van der Waals surface area contributed by atoms with Gasteiger partial charge in [0.2, 0.25) is 0 Å². The van der Waals surface area contributed by atoms with Crippen molar-refractivity contribution in [3.8, 4) is 11.5 Å². The van der Waals surface area contributed by atoms with E-state index in [4.69, 9.17) is 15.2 Å². The number of halogens is 1. The second kappa shape index (κ2) is 9.34. The van der Waals surface area contributed by atoms with E-state index < -0.39 is 0 Å². The van der Waals surface area contributed by atoms with E-state index >= 15 is 0 Å². The Morgan fingerprint density at radius 2 is 1.92 bits per heavy atom. The van der Waals surface area contributed by atoms with Crippen LogP contribution in [-0.4, -0.2) is 26.7 Å². The molecule has 1 aromatic carbocycles. The number of aliphatic imine (C=N–C) groups is 1. The SMILES string of the molecule is COc1ccc(OC)c(NC(N)=NCC2CCC(C)(C)CC2)c1.I. The van der Waals surface area contributed by atoms with Crippen molar-refractivity contribution >= 4 is 35.6 Å². The Hall–Kier alpha value is -1.18. The number of hydrogen-bond acceptors (Lipinski definition) is 3. The van der Waals surface area contributed by atoms with E-state index in [1.165, 1.54) is 25.7 Å². The van der Waals surface area contributed by atoms with E-state index in [1.54, 1.807) is 14.2 Å². The third-order valence-electron chi connectivity index (χ3n) is 4.65. The van der Waals surface area contributed by atoms with Gasteiger partial charge in [0.25, 0.3) is 0 Å². The second-order valence-electron chi connectivity index (χ2n) is 7.02. The summed E-state index contributed by atoms with van der Waals surface area (Å²) in [5, 5.41) is 3.11. The van der Waals surface area contributed by atoms with Crippen LogP contribution in [0.5, 0.6) is 11.5 Å². The number of anilines is 1. The van der Waals surface area contributed by atoms with Crippen molar-refractivity contribution < 1.29 is 9.47 Å². The minimum Gasteiger partial charge on any atom is -0.497 e. The summed E-state index contributed by atoms with van der Waals surface area (Å²) in [7, 11) is 3.26. The van der Waals surface area contributed by atoms with Crippen LogP contribution in [0.2, 0.25) is 0 Å². The number of nitrogens with one attached hydrogen (secondary N) is 1. The van der Waals surface area contributed by atoms with Crippen LogP contribution in [0, 0.1) is 11.3 Å². The first-order chi connectivity index (χ1) is 10.9. The number of methoxy groups -OCH3 is 2. The van der Waals surface area contributed by atoms with Crippen molar-refractivity contribution in [2.24, 2.45) is 22.1 Å². The zero-order chi connectivity index (χ0) is 16.9. The van der Waals surface area contributed by atoms with Gasteiger partial charge in [-0.05, 0) is 49.1 Å². The lowest BCUT2D eigenvalue weighted by Gasteiger charge is -2.33. The van der Waals surface area contributed by atoms with Gasteiger partial charge in [0.05, 0.1) is 19.9 Å². The van der Waals surface area contributed by atoms with Gasteiger partial charge < -0.3 is 20.5 Å². The lowest BCUT2D eigenvalue weighted by molar-refractivity contribution is 0.195. The maximum Gasteiger partial charge on any atom is 0.193 e. The maximum absolute atomic E-state index is 6.03. The van der Waals surface area contributed by atoms with E-state index in [-0.39, 0.29) is 24.0 Å². The molecule has 24 heavy (non-hydrogen) atoms. The van der Waals surface area contributed by atoms with Gasteiger partial charge in [0, 0.05) is 12.6 Å². The smallest absolute Gasteiger partial charge is 0.193 e. The Kier molecular flexibility index (Phi) is 8.12. The number of nitrogens with two attached hydrogens (primary N) is 1. The van der Waals surface area contributed by atoms with Crippen LogP contribution in [0.15, 0.2) is 23.2 Å². The standard InChI is InChI=1S/C18H29N3O2.HI/c1-18(2)9-7-13(8-10-18)12-20-17(19)21-15-11-14(22-3)5-6-16(15)23-4;/h5-6,11,13H,7-10,12H2,1-4H3,(H3,19,20,21);1H. The fourth-order valence-electron chi connectivity index (χ4n) is 2.96. The summed E-state index contributed by atoms with van der Waals surface area (Å²) in [4.78, 5) is 4.51. The van der Waals surface area contributed by atoms with Gasteiger partial charge >= 0.3 is 0 Å². The number of benzene rings is 1. The van der Waals surface area contributed by atoms with Gasteiger partial charge in [0.1, 0.15) is 11.5 Å². The van der Waals surface area contributed by atoms with Gasteiger partial charge in [-0.3, -0.25) is 4.99 Å². The van der Waals surface area contributed by atoms with Gasteiger partial charge in [-0.1, -0.05) is 13.8 Å². The highest BCUT2D eigenvalue weighted by molar-refractivity contribution is 14.0. The number of nitrogens with zero attached hydrogens (tertiary/aromatic N) is 1. The first-order valence-corrected chi connectivity index (χ1v) is 8.22. The summed E-state index contributed by atoms with van der Waals surface area (Å²) in [5.74, 6) is 2.51. The number of ether oxygens (including phenoxy) is 2. The molecule has 0 bridgehead atoms. The van der Waals surface area contributed by atoms with Crippen LogP contribution in [0.1, 0.15) is 39.5 Å². The molecule has 0 unspecified atom stereocenters. The summed E-state index contributed by atoms with van der Waals surface area (Å²) >= 11 is 0. The predicted molar refractivity (Wildman–Crippen MR) is 111 cm³/mol. The Balaban J connectivity index is 0.00000288. The highest BCUT2D eigenvalue weighted by Crippen LogP contribution is 2.38. The molecule has 2 rings (SSSR count). The Morgan fingerprint density at radius 3 is 2.50 bits per heavy atom. The topological polar surface area (TPSA) is 68.9 Å². The zero-order valence-corrected chi connectivity index (χ0v) is 17.4. The normalized spacial score (nSPS) is 17.8. The van der Waals surface area contributed by atoms with Gasteiger partial charge in [-0.15, -0.1) is 24.0 Å². The highest BCUT2D eigenvalue weighted by Gasteiger charge is 2.26. The highest BCUT2D eigenvalue weighted by atomic mass is 127. The molecule has 0 radical (unpaired) electrons. The molecule has 6 heteroatoms. The summed E-state index contributed by atoms with van der Waals surface area (Å²) in [6.07, 6.45) is 4.99.